The molecule has 1 heterocycles. The van der Waals surface area contributed by atoms with Crippen molar-refractivity contribution in [3.05, 3.63) is 22.0 Å². The second kappa shape index (κ2) is 3.59. The van der Waals surface area contributed by atoms with Gasteiger partial charge in [-0.25, -0.2) is 22.3 Å². The number of halogens is 2. The molecule has 0 spiro atoms. The molecule has 0 aliphatic rings. The van der Waals surface area contributed by atoms with Gasteiger partial charge in [-0.3, -0.25) is 4.79 Å². The molecule has 15 heavy (non-hydrogen) atoms. The molecule has 1 aromatic rings. The maximum Gasteiger partial charge on any atom is 0.270 e. The fourth-order valence-electron chi connectivity index (χ4n) is 0.979. The summed E-state index contributed by atoms with van der Waals surface area (Å²) in [5, 5.41) is 3.63. The Labute approximate surface area is 82.9 Å². The van der Waals surface area contributed by atoms with Gasteiger partial charge in [-0.1, -0.05) is 0 Å². The van der Waals surface area contributed by atoms with E-state index in [1.165, 1.54) is 0 Å². The first-order valence-electron chi connectivity index (χ1n) is 3.57. The van der Waals surface area contributed by atoms with Gasteiger partial charge in [-0.2, -0.15) is 0 Å². The number of nitrogens with one attached hydrogen (secondary N) is 1. The maximum absolute atomic E-state index is 12.4. The number of nitrogen functional groups attached to an aromatic ring is 1. The second-order valence-corrected chi connectivity index (χ2v) is 4.16. The third kappa shape index (κ3) is 2.13. The van der Waals surface area contributed by atoms with E-state index in [4.69, 9.17) is 5.73 Å². The molecule has 0 bridgehead atoms. The number of rotatable bonds is 2. The van der Waals surface area contributed by atoms with E-state index < -0.39 is 38.2 Å². The minimum atomic E-state index is -4.41. The lowest BCUT2D eigenvalue weighted by molar-refractivity contribution is 0.146. The lowest BCUT2D eigenvalue weighted by Crippen LogP contribution is -2.24. The first-order valence-corrected chi connectivity index (χ1v) is 5.11. The van der Waals surface area contributed by atoms with Crippen molar-refractivity contribution in [2.45, 2.75) is 11.5 Å². The van der Waals surface area contributed by atoms with Crippen molar-refractivity contribution in [1.29, 1.82) is 0 Å². The number of nitrogens with two attached hydrogens (primary N) is 2. The lowest BCUT2D eigenvalue weighted by Gasteiger charge is -2.06. The van der Waals surface area contributed by atoms with Crippen LogP contribution in [0.5, 0.6) is 0 Å². The molecule has 1 rings (SSSR count). The first kappa shape index (κ1) is 11.6. The van der Waals surface area contributed by atoms with E-state index in [0.29, 0.717) is 0 Å². The van der Waals surface area contributed by atoms with Crippen LogP contribution in [0.2, 0.25) is 0 Å². The van der Waals surface area contributed by atoms with E-state index in [-0.39, 0.29) is 0 Å². The van der Waals surface area contributed by atoms with E-state index in [1.807, 2.05) is 4.98 Å². The summed E-state index contributed by atoms with van der Waals surface area (Å²) in [6.07, 6.45) is -2.47. The molecule has 9 heteroatoms. The topological polar surface area (TPSA) is 119 Å². The zero-order chi connectivity index (χ0) is 11.8. The molecule has 6 nitrogen and oxygen atoms in total. The van der Waals surface area contributed by atoms with Crippen LogP contribution in [0.15, 0.2) is 16.0 Å². The van der Waals surface area contributed by atoms with E-state index >= 15 is 0 Å². The molecule has 0 aliphatic heterocycles. The average molecular weight is 239 g/mol. The minimum Gasteiger partial charge on any atom is -0.394 e. The smallest absolute Gasteiger partial charge is 0.270 e. The van der Waals surface area contributed by atoms with Crippen LogP contribution < -0.4 is 16.3 Å². The van der Waals surface area contributed by atoms with Gasteiger partial charge in [0.25, 0.3) is 16.4 Å². The summed E-state index contributed by atoms with van der Waals surface area (Å²) < 4.78 is 46.5. The van der Waals surface area contributed by atoms with Crippen LogP contribution in [0.25, 0.3) is 0 Å². The summed E-state index contributed by atoms with van der Waals surface area (Å²) in [5.41, 5.74) is 2.07. The van der Waals surface area contributed by atoms with Gasteiger partial charge in [0.05, 0.1) is 5.69 Å². The van der Waals surface area contributed by atoms with E-state index in [2.05, 4.69) is 5.14 Å². The summed E-state index contributed by atoms with van der Waals surface area (Å²) in [6.45, 7) is 0. The van der Waals surface area contributed by atoms with Gasteiger partial charge in [-0.05, 0) is 0 Å². The highest BCUT2D eigenvalue weighted by molar-refractivity contribution is 7.89. The number of primary sulfonamides is 1. The fourth-order valence-corrected chi connectivity index (χ4v) is 1.69. The van der Waals surface area contributed by atoms with Gasteiger partial charge in [0.1, 0.15) is 5.56 Å². The van der Waals surface area contributed by atoms with Crippen molar-refractivity contribution in [3.63, 3.8) is 0 Å². The zero-order valence-electron chi connectivity index (χ0n) is 7.20. The minimum absolute atomic E-state index is 0.502. The molecule has 0 aliphatic carbocycles. The number of sulfonamides is 1. The molecule has 0 fully saturated rings. The molecule has 84 valence electrons. The number of anilines is 1. The van der Waals surface area contributed by atoms with Crippen LogP contribution in [0.4, 0.5) is 14.5 Å². The SMILES string of the molecule is Nc1c[nH]c(S(N)(=O)=O)c(C(F)F)c1=O. The molecule has 0 saturated carbocycles. The Morgan fingerprint density at radius 2 is 1.93 bits per heavy atom. The van der Waals surface area contributed by atoms with E-state index in [1.54, 1.807) is 0 Å². The summed E-state index contributed by atoms with van der Waals surface area (Å²) in [5.74, 6) is 0. The molecule has 0 amide bonds. The van der Waals surface area contributed by atoms with E-state index in [9.17, 15) is 22.0 Å². The monoisotopic (exact) mass is 239 g/mol. The molecule has 0 radical (unpaired) electrons. The Kier molecular flexibility index (Phi) is 2.77. The van der Waals surface area contributed by atoms with Crippen molar-refractivity contribution in [3.8, 4) is 0 Å². The Morgan fingerprint density at radius 1 is 1.40 bits per heavy atom. The number of alkyl halides is 2. The van der Waals surface area contributed by atoms with Gasteiger partial charge >= 0.3 is 0 Å². The number of pyridine rings is 1. The van der Waals surface area contributed by atoms with Crippen LogP contribution in [-0.2, 0) is 10.0 Å². The lowest BCUT2D eigenvalue weighted by atomic mass is 10.2. The van der Waals surface area contributed by atoms with E-state index in [0.717, 1.165) is 6.20 Å². The maximum atomic E-state index is 12.4. The van der Waals surface area contributed by atoms with Crippen LogP contribution in [0, 0.1) is 0 Å². The van der Waals surface area contributed by atoms with Crippen LogP contribution >= 0.6 is 0 Å². The number of hydrogen-bond donors (Lipinski definition) is 3. The van der Waals surface area contributed by atoms with Crippen molar-refractivity contribution in [1.82, 2.24) is 4.98 Å². The Bertz CT molecular complexity index is 537. The summed E-state index contributed by atoms with van der Waals surface area (Å²) in [6, 6.07) is 0. The predicted molar refractivity (Wildman–Crippen MR) is 47.8 cm³/mol. The highest BCUT2D eigenvalue weighted by Gasteiger charge is 2.25. The first-order chi connectivity index (χ1) is 6.75. The third-order valence-electron chi connectivity index (χ3n) is 1.61. The number of H-pyrrole nitrogens is 1. The molecule has 0 atom stereocenters. The molecule has 0 aromatic carbocycles. The standard InChI is InChI=1S/C6H7F2N3O3S/c7-5(8)3-4(12)2(9)1-11-6(3)15(10,13)14/h1,5H,9H2,(H,11,12)(H2,10,13,14). The summed E-state index contributed by atoms with van der Waals surface area (Å²) in [7, 11) is -4.41. The van der Waals surface area contributed by atoms with Gasteiger partial charge in [0.15, 0.2) is 5.03 Å². The predicted octanol–water partition coefficient (Wildman–Crippen LogP) is -0.458. The third-order valence-corrected chi connectivity index (χ3v) is 2.52. The number of aromatic nitrogens is 1. The van der Waals surface area contributed by atoms with Gasteiger partial charge in [-0.15, -0.1) is 0 Å². The normalized spacial score (nSPS) is 12.0. The molecule has 5 N–H and O–H groups in total. The fraction of sp³-hybridized carbons (Fsp3) is 0.167. The quantitative estimate of drug-likeness (QED) is 0.647. The Hall–Kier alpha value is -1.48. The summed E-state index contributed by atoms with van der Waals surface area (Å²) in [4.78, 5) is 13.1. The second-order valence-electron chi connectivity index (χ2n) is 2.66. The van der Waals surface area contributed by atoms with Crippen LogP contribution in [0.3, 0.4) is 0 Å². The zero-order valence-corrected chi connectivity index (χ0v) is 8.01. The molecular weight excluding hydrogens is 232 g/mol. The van der Waals surface area contributed by atoms with Gasteiger partial charge in [0, 0.05) is 6.20 Å². The average Bonchev–Trinajstić information content (AvgIpc) is 2.06. The molecule has 0 saturated heterocycles. The number of hydrogen-bond acceptors (Lipinski definition) is 4. The number of aromatic amines is 1. The Morgan fingerprint density at radius 3 is 2.33 bits per heavy atom. The molecular formula is C6H7F2N3O3S. The van der Waals surface area contributed by atoms with Gasteiger partial charge < -0.3 is 10.7 Å². The highest BCUT2D eigenvalue weighted by Crippen LogP contribution is 2.21. The molecule has 0 unspecified atom stereocenters. The Balaban J connectivity index is 3.70. The van der Waals surface area contributed by atoms with Crippen molar-refractivity contribution < 1.29 is 17.2 Å². The largest absolute Gasteiger partial charge is 0.394 e. The molecule has 1 aromatic heterocycles. The van der Waals surface area contributed by atoms with Crippen LogP contribution in [0.1, 0.15) is 12.0 Å². The van der Waals surface area contributed by atoms with Crippen molar-refractivity contribution in [2.24, 2.45) is 5.14 Å². The van der Waals surface area contributed by atoms with Gasteiger partial charge in [0.2, 0.25) is 5.43 Å². The highest BCUT2D eigenvalue weighted by atomic mass is 32.2. The summed E-state index contributed by atoms with van der Waals surface area (Å²) >= 11 is 0. The van der Waals surface area contributed by atoms with Crippen molar-refractivity contribution in [2.75, 3.05) is 5.73 Å². The van der Waals surface area contributed by atoms with Crippen molar-refractivity contribution >= 4 is 15.7 Å². The van der Waals surface area contributed by atoms with Crippen LogP contribution in [-0.4, -0.2) is 13.4 Å².